The van der Waals surface area contributed by atoms with Crippen molar-refractivity contribution in [2.75, 3.05) is 0 Å². The van der Waals surface area contributed by atoms with Gasteiger partial charge in [0.05, 0.1) is 0 Å². The summed E-state index contributed by atoms with van der Waals surface area (Å²) in [6.45, 7) is 5.75. The summed E-state index contributed by atoms with van der Waals surface area (Å²) < 4.78 is 0. The van der Waals surface area contributed by atoms with Crippen molar-refractivity contribution >= 4 is 5.97 Å². The van der Waals surface area contributed by atoms with Crippen LogP contribution in [0.15, 0.2) is 12.7 Å². The minimum absolute atomic E-state index is 0.325. The molecule has 2 nitrogen and oxygen atoms in total. The van der Waals surface area contributed by atoms with Gasteiger partial charge >= 0.3 is 0 Å². The van der Waals surface area contributed by atoms with Crippen molar-refractivity contribution in [3.05, 3.63) is 12.7 Å². The molecule has 0 N–H and O–H groups in total. The molecule has 15 heavy (non-hydrogen) atoms. The van der Waals surface area contributed by atoms with E-state index in [4.69, 9.17) is 0 Å². The topological polar surface area (TPSA) is 40.1 Å². The number of carbonyl (C=O) groups is 1. The molecule has 0 fully saturated rings. The molecule has 0 bridgehead atoms. The maximum Gasteiger partial charge on any atom is 0.0448 e. The first kappa shape index (κ1) is 14.2. The first-order valence-electron chi connectivity index (χ1n) is 6.04. The molecule has 0 spiro atoms. The van der Waals surface area contributed by atoms with E-state index >= 15 is 0 Å². The first-order valence-corrected chi connectivity index (χ1v) is 6.04. The molecule has 1 unspecified atom stereocenters. The highest BCUT2D eigenvalue weighted by atomic mass is 16.4. The average Bonchev–Trinajstić information content (AvgIpc) is 2.21. The number of carbonyl (C=O) groups excluding carboxylic acids is 1. The van der Waals surface area contributed by atoms with E-state index < -0.39 is 5.97 Å². The van der Waals surface area contributed by atoms with Crippen LogP contribution in [0.5, 0.6) is 0 Å². The van der Waals surface area contributed by atoms with Crippen molar-refractivity contribution in [2.24, 2.45) is 5.92 Å². The molecule has 0 heterocycles. The molecule has 0 rings (SSSR count). The normalized spacial score (nSPS) is 12.3. The predicted molar refractivity (Wildman–Crippen MR) is 61.3 cm³/mol. The second-order valence-electron chi connectivity index (χ2n) is 4.10. The van der Waals surface area contributed by atoms with Gasteiger partial charge in [-0.15, -0.1) is 6.58 Å². The molecule has 88 valence electrons. The zero-order valence-corrected chi connectivity index (χ0v) is 9.84. The number of hydrogen-bond acceptors (Lipinski definition) is 2. The van der Waals surface area contributed by atoms with Crippen LogP contribution in [0.1, 0.15) is 58.3 Å². The molecule has 0 saturated carbocycles. The van der Waals surface area contributed by atoms with E-state index in [1.807, 2.05) is 0 Å². The zero-order valence-electron chi connectivity index (χ0n) is 9.84. The number of rotatable bonds is 10. The molecule has 0 aromatic rings. The fourth-order valence-corrected chi connectivity index (χ4v) is 1.70. The Morgan fingerprint density at radius 3 is 2.40 bits per heavy atom. The minimum atomic E-state index is -0.927. The monoisotopic (exact) mass is 211 g/mol. The van der Waals surface area contributed by atoms with E-state index in [-0.39, 0.29) is 5.92 Å². The molecule has 0 amide bonds. The molecule has 0 aromatic carbocycles. The van der Waals surface area contributed by atoms with Gasteiger partial charge in [-0.2, -0.15) is 0 Å². The van der Waals surface area contributed by atoms with Gasteiger partial charge in [0.2, 0.25) is 0 Å². The van der Waals surface area contributed by atoms with Crippen LogP contribution in [0.4, 0.5) is 0 Å². The van der Waals surface area contributed by atoms with Gasteiger partial charge in [-0.1, -0.05) is 51.5 Å². The molecule has 0 aliphatic carbocycles. The molecule has 0 aliphatic rings. The summed E-state index contributed by atoms with van der Waals surface area (Å²) in [5, 5.41) is 10.7. The fourth-order valence-electron chi connectivity index (χ4n) is 1.70. The second-order valence-corrected chi connectivity index (χ2v) is 4.10. The Morgan fingerprint density at radius 2 is 1.87 bits per heavy atom. The standard InChI is InChI=1S/C13H24O2/c1-3-5-6-7-8-9-11-12(10-4-2)13(14)15/h4,12H,2-3,5-11H2,1H3,(H,14,15)/p-1. The van der Waals surface area contributed by atoms with E-state index in [0.29, 0.717) is 6.42 Å². The van der Waals surface area contributed by atoms with Crippen molar-refractivity contribution in [2.45, 2.75) is 58.3 Å². The van der Waals surface area contributed by atoms with Gasteiger partial charge in [0.1, 0.15) is 0 Å². The van der Waals surface area contributed by atoms with Crippen LogP contribution in [0, 0.1) is 5.92 Å². The molecule has 0 aromatic heterocycles. The third-order valence-corrected chi connectivity index (χ3v) is 2.69. The van der Waals surface area contributed by atoms with Crippen LogP contribution in [0.2, 0.25) is 0 Å². The maximum absolute atomic E-state index is 10.7. The SMILES string of the molecule is C=CCC(CCCCCCCC)C(=O)[O-]. The van der Waals surface area contributed by atoms with Gasteiger partial charge in [-0.25, -0.2) is 0 Å². The van der Waals surface area contributed by atoms with E-state index in [9.17, 15) is 9.90 Å². The highest BCUT2D eigenvalue weighted by Crippen LogP contribution is 2.15. The molecule has 1 atom stereocenters. The Hall–Kier alpha value is -0.790. The summed E-state index contributed by atoms with van der Waals surface area (Å²) in [6, 6.07) is 0. The summed E-state index contributed by atoms with van der Waals surface area (Å²) in [7, 11) is 0. The van der Waals surface area contributed by atoms with Crippen LogP contribution < -0.4 is 5.11 Å². The van der Waals surface area contributed by atoms with E-state index in [1.165, 1.54) is 25.7 Å². The number of allylic oxidation sites excluding steroid dienone is 1. The highest BCUT2D eigenvalue weighted by Gasteiger charge is 2.06. The van der Waals surface area contributed by atoms with E-state index in [1.54, 1.807) is 6.08 Å². The predicted octanol–water partition coefficient (Wildman–Crippen LogP) is 2.68. The lowest BCUT2D eigenvalue weighted by molar-refractivity contribution is -0.311. The van der Waals surface area contributed by atoms with Crippen LogP contribution in [-0.2, 0) is 4.79 Å². The quantitative estimate of drug-likeness (QED) is 0.412. The zero-order chi connectivity index (χ0) is 11.5. The third kappa shape index (κ3) is 8.22. The van der Waals surface area contributed by atoms with Crippen molar-refractivity contribution in [3.63, 3.8) is 0 Å². The van der Waals surface area contributed by atoms with Crippen LogP contribution in [0.3, 0.4) is 0 Å². The molecule has 0 aliphatic heterocycles. The summed E-state index contributed by atoms with van der Waals surface area (Å²) >= 11 is 0. The lowest BCUT2D eigenvalue weighted by Crippen LogP contribution is -2.30. The number of carboxylic acid groups (broad SMARTS) is 1. The molecule has 0 radical (unpaired) electrons. The third-order valence-electron chi connectivity index (χ3n) is 2.69. The largest absolute Gasteiger partial charge is 0.550 e. The van der Waals surface area contributed by atoms with Gasteiger partial charge in [0.15, 0.2) is 0 Å². The van der Waals surface area contributed by atoms with Crippen LogP contribution >= 0.6 is 0 Å². The Labute approximate surface area is 93.4 Å². The van der Waals surface area contributed by atoms with Gasteiger partial charge < -0.3 is 9.90 Å². The summed E-state index contributed by atoms with van der Waals surface area (Å²) in [5.74, 6) is -1.25. The lowest BCUT2D eigenvalue weighted by Gasteiger charge is -2.15. The average molecular weight is 211 g/mol. The van der Waals surface area contributed by atoms with Crippen LogP contribution in [0.25, 0.3) is 0 Å². The van der Waals surface area contributed by atoms with Crippen molar-refractivity contribution in [1.82, 2.24) is 0 Å². The van der Waals surface area contributed by atoms with Crippen molar-refractivity contribution < 1.29 is 9.90 Å². The number of carboxylic acids is 1. The minimum Gasteiger partial charge on any atom is -0.550 e. The van der Waals surface area contributed by atoms with Crippen molar-refractivity contribution in [3.8, 4) is 0 Å². The summed E-state index contributed by atoms with van der Waals surface area (Å²) in [5.41, 5.74) is 0. The van der Waals surface area contributed by atoms with Crippen LogP contribution in [-0.4, -0.2) is 5.97 Å². The molecular weight excluding hydrogens is 188 g/mol. The van der Waals surface area contributed by atoms with E-state index in [2.05, 4.69) is 13.5 Å². The molecule has 0 saturated heterocycles. The highest BCUT2D eigenvalue weighted by molar-refractivity contribution is 5.67. The maximum atomic E-state index is 10.7. The lowest BCUT2D eigenvalue weighted by atomic mass is 9.97. The number of hydrogen-bond donors (Lipinski definition) is 0. The Bertz CT molecular complexity index is 175. The fraction of sp³-hybridized carbons (Fsp3) is 0.769. The number of unbranched alkanes of at least 4 members (excludes halogenated alkanes) is 5. The van der Waals surface area contributed by atoms with E-state index in [0.717, 1.165) is 19.3 Å². The Kier molecular flexibility index (Phi) is 9.24. The van der Waals surface area contributed by atoms with Gasteiger partial charge in [-0.05, 0) is 12.8 Å². The van der Waals surface area contributed by atoms with Gasteiger partial charge in [0, 0.05) is 11.9 Å². The molecule has 2 heteroatoms. The second kappa shape index (κ2) is 9.75. The smallest absolute Gasteiger partial charge is 0.0448 e. The number of aliphatic carboxylic acids is 1. The summed E-state index contributed by atoms with van der Waals surface area (Å²) in [6.07, 6.45) is 10.1. The molecular formula is C13H23O2-. The Morgan fingerprint density at radius 1 is 1.27 bits per heavy atom. The first-order chi connectivity index (χ1) is 7.22. The van der Waals surface area contributed by atoms with Gasteiger partial charge in [-0.3, -0.25) is 0 Å². The summed E-state index contributed by atoms with van der Waals surface area (Å²) in [4.78, 5) is 10.7. The Balaban J connectivity index is 3.45. The van der Waals surface area contributed by atoms with Gasteiger partial charge in [0.25, 0.3) is 0 Å². The van der Waals surface area contributed by atoms with Crippen molar-refractivity contribution in [1.29, 1.82) is 0 Å².